The van der Waals surface area contributed by atoms with E-state index in [9.17, 15) is 4.39 Å². The van der Waals surface area contributed by atoms with Gasteiger partial charge < -0.3 is 5.21 Å². The molecule has 0 amide bonds. The third-order valence-corrected chi connectivity index (χ3v) is 2.31. The Labute approximate surface area is 78.5 Å². The SMILES string of the molecule is CC(NO)c1ccc(F)cc1Br. The van der Waals surface area contributed by atoms with E-state index in [-0.39, 0.29) is 11.9 Å². The fourth-order valence-electron chi connectivity index (χ4n) is 0.922. The van der Waals surface area contributed by atoms with Gasteiger partial charge >= 0.3 is 0 Å². The van der Waals surface area contributed by atoms with Crippen LogP contribution in [0.2, 0.25) is 0 Å². The van der Waals surface area contributed by atoms with Crippen molar-refractivity contribution >= 4 is 15.9 Å². The number of rotatable bonds is 2. The minimum atomic E-state index is -0.296. The third kappa shape index (κ3) is 2.03. The summed E-state index contributed by atoms with van der Waals surface area (Å²) < 4.78 is 13.3. The Morgan fingerprint density at radius 3 is 2.75 bits per heavy atom. The summed E-state index contributed by atoms with van der Waals surface area (Å²) in [6.07, 6.45) is 0. The quantitative estimate of drug-likeness (QED) is 0.771. The average Bonchev–Trinajstić information content (AvgIpc) is 2.03. The number of hydrogen-bond acceptors (Lipinski definition) is 2. The average molecular weight is 234 g/mol. The van der Waals surface area contributed by atoms with Gasteiger partial charge in [0.25, 0.3) is 0 Å². The molecule has 1 rings (SSSR count). The molecule has 0 spiro atoms. The maximum Gasteiger partial charge on any atom is 0.124 e. The lowest BCUT2D eigenvalue weighted by Gasteiger charge is -2.10. The monoisotopic (exact) mass is 233 g/mol. The first-order valence-corrected chi connectivity index (χ1v) is 4.29. The molecule has 0 saturated heterocycles. The minimum absolute atomic E-state index is 0.208. The summed E-state index contributed by atoms with van der Waals surface area (Å²) in [7, 11) is 0. The molecule has 1 aromatic rings. The summed E-state index contributed by atoms with van der Waals surface area (Å²) in [4.78, 5) is 0. The summed E-state index contributed by atoms with van der Waals surface area (Å²) >= 11 is 3.20. The first-order valence-electron chi connectivity index (χ1n) is 3.49. The van der Waals surface area contributed by atoms with Gasteiger partial charge in [-0.15, -0.1) is 0 Å². The summed E-state index contributed by atoms with van der Waals surface area (Å²) in [5.74, 6) is -0.296. The zero-order valence-electron chi connectivity index (χ0n) is 6.51. The third-order valence-electron chi connectivity index (χ3n) is 1.62. The lowest BCUT2D eigenvalue weighted by atomic mass is 10.1. The van der Waals surface area contributed by atoms with Gasteiger partial charge in [-0.3, -0.25) is 0 Å². The van der Waals surface area contributed by atoms with Crippen molar-refractivity contribution in [1.29, 1.82) is 0 Å². The molecule has 0 fully saturated rings. The van der Waals surface area contributed by atoms with Gasteiger partial charge in [0.1, 0.15) is 5.82 Å². The molecule has 1 atom stereocenters. The fraction of sp³-hybridized carbons (Fsp3) is 0.250. The van der Waals surface area contributed by atoms with Gasteiger partial charge in [-0.05, 0) is 24.6 Å². The van der Waals surface area contributed by atoms with Crippen LogP contribution in [0.15, 0.2) is 22.7 Å². The summed E-state index contributed by atoms with van der Waals surface area (Å²) in [6, 6.07) is 4.13. The number of hydroxylamine groups is 1. The lowest BCUT2D eigenvalue weighted by molar-refractivity contribution is 0.133. The molecule has 0 aliphatic carbocycles. The number of nitrogens with one attached hydrogen (secondary N) is 1. The number of benzene rings is 1. The molecule has 0 bridgehead atoms. The molecule has 66 valence electrons. The maximum absolute atomic E-state index is 12.6. The molecule has 2 N–H and O–H groups in total. The van der Waals surface area contributed by atoms with Crippen molar-refractivity contribution in [3.63, 3.8) is 0 Å². The lowest BCUT2D eigenvalue weighted by Crippen LogP contribution is -2.13. The van der Waals surface area contributed by atoms with Crippen LogP contribution in [0.4, 0.5) is 4.39 Å². The molecule has 12 heavy (non-hydrogen) atoms. The molecule has 1 aromatic carbocycles. The van der Waals surface area contributed by atoms with Crippen LogP contribution in [-0.2, 0) is 0 Å². The van der Waals surface area contributed by atoms with E-state index in [0.717, 1.165) is 5.56 Å². The summed E-state index contributed by atoms with van der Waals surface area (Å²) in [5, 5.41) is 8.62. The molecule has 4 heteroatoms. The van der Waals surface area contributed by atoms with E-state index >= 15 is 0 Å². The molecule has 0 heterocycles. The van der Waals surface area contributed by atoms with Crippen LogP contribution in [0.1, 0.15) is 18.5 Å². The molecule has 0 aliphatic rings. The van der Waals surface area contributed by atoms with Gasteiger partial charge in [-0.25, -0.2) is 4.39 Å². The Bertz CT molecular complexity index is 280. The van der Waals surface area contributed by atoms with Gasteiger partial charge in [-0.2, -0.15) is 5.48 Å². The van der Waals surface area contributed by atoms with E-state index in [0.29, 0.717) is 4.47 Å². The van der Waals surface area contributed by atoms with E-state index in [1.54, 1.807) is 13.0 Å². The van der Waals surface area contributed by atoms with Crippen LogP contribution >= 0.6 is 15.9 Å². The van der Waals surface area contributed by atoms with E-state index in [1.165, 1.54) is 12.1 Å². The van der Waals surface area contributed by atoms with Crippen LogP contribution in [-0.4, -0.2) is 5.21 Å². The summed E-state index contributed by atoms with van der Waals surface area (Å²) in [6.45, 7) is 1.78. The topological polar surface area (TPSA) is 32.3 Å². The minimum Gasteiger partial charge on any atom is -0.316 e. The molecular formula is C8H9BrFNO. The van der Waals surface area contributed by atoms with Gasteiger partial charge in [0.05, 0.1) is 6.04 Å². The largest absolute Gasteiger partial charge is 0.316 e. The molecule has 2 nitrogen and oxygen atoms in total. The second-order valence-electron chi connectivity index (χ2n) is 2.52. The molecule has 0 aromatic heterocycles. The fourth-order valence-corrected chi connectivity index (χ4v) is 1.62. The highest BCUT2D eigenvalue weighted by Gasteiger charge is 2.07. The van der Waals surface area contributed by atoms with Crippen LogP contribution < -0.4 is 5.48 Å². The Balaban J connectivity index is 3.01. The Morgan fingerprint density at radius 1 is 1.58 bits per heavy atom. The molecule has 0 radical (unpaired) electrons. The first kappa shape index (κ1) is 9.64. The van der Waals surface area contributed by atoms with Gasteiger partial charge in [0.2, 0.25) is 0 Å². The predicted octanol–water partition coefficient (Wildman–Crippen LogP) is 2.63. The van der Waals surface area contributed by atoms with Crippen molar-refractivity contribution < 1.29 is 9.60 Å². The Kier molecular flexibility index (Phi) is 3.20. The Hall–Kier alpha value is -0.450. The van der Waals surface area contributed by atoms with Crippen molar-refractivity contribution in [1.82, 2.24) is 5.48 Å². The van der Waals surface area contributed by atoms with Gasteiger partial charge in [-0.1, -0.05) is 22.0 Å². The highest BCUT2D eigenvalue weighted by atomic mass is 79.9. The molecule has 0 saturated carbocycles. The van der Waals surface area contributed by atoms with Crippen molar-refractivity contribution in [2.75, 3.05) is 0 Å². The molecule has 1 unspecified atom stereocenters. The second-order valence-corrected chi connectivity index (χ2v) is 3.37. The van der Waals surface area contributed by atoms with Crippen molar-refractivity contribution in [3.8, 4) is 0 Å². The molecular weight excluding hydrogens is 225 g/mol. The maximum atomic E-state index is 12.6. The number of halogens is 2. The zero-order chi connectivity index (χ0) is 9.14. The van der Waals surface area contributed by atoms with Gasteiger partial charge in [0, 0.05) is 4.47 Å². The standard InChI is InChI=1S/C8H9BrFNO/c1-5(11-12)7-3-2-6(10)4-8(7)9/h2-5,11-12H,1H3. The molecule has 0 aliphatic heterocycles. The van der Waals surface area contributed by atoms with Crippen molar-refractivity contribution in [3.05, 3.63) is 34.1 Å². The van der Waals surface area contributed by atoms with E-state index in [2.05, 4.69) is 21.4 Å². The zero-order valence-corrected chi connectivity index (χ0v) is 8.10. The van der Waals surface area contributed by atoms with Crippen LogP contribution in [0.5, 0.6) is 0 Å². The van der Waals surface area contributed by atoms with Crippen LogP contribution in [0, 0.1) is 5.82 Å². The predicted molar refractivity (Wildman–Crippen MR) is 47.4 cm³/mol. The highest BCUT2D eigenvalue weighted by Crippen LogP contribution is 2.23. The normalized spacial score (nSPS) is 13.0. The van der Waals surface area contributed by atoms with Crippen LogP contribution in [0.3, 0.4) is 0 Å². The highest BCUT2D eigenvalue weighted by molar-refractivity contribution is 9.10. The van der Waals surface area contributed by atoms with E-state index in [4.69, 9.17) is 5.21 Å². The first-order chi connectivity index (χ1) is 5.65. The summed E-state index contributed by atoms with van der Waals surface area (Å²) in [5.41, 5.74) is 2.91. The Morgan fingerprint density at radius 2 is 2.25 bits per heavy atom. The van der Waals surface area contributed by atoms with Gasteiger partial charge in [0.15, 0.2) is 0 Å². The van der Waals surface area contributed by atoms with Crippen molar-refractivity contribution in [2.24, 2.45) is 0 Å². The second kappa shape index (κ2) is 3.98. The smallest absolute Gasteiger partial charge is 0.124 e. The van der Waals surface area contributed by atoms with Crippen molar-refractivity contribution in [2.45, 2.75) is 13.0 Å². The number of hydrogen-bond donors (Lipinski definition) is 2. The van der Waals surface area contributed by atoms with E-state index in [1.807, 2.05) is 0 Å². The van der Waals surface area contributed by atoms with E-state index < -0.39 is 0 Å². The van der Waals surface area contributed by atoms with Crippen LogP contribution in [0.25, 0.3) is 0 Å².